The molecule has 1 aliphatic carbocycles. The summed E-state index contributed by atoms with van der Waals surface area (Å²) in [4.78, 5) is 24.8. The predicted octanol–water partition coefficient (Wildman–Crippen LogP) is 4.03. The number of nitrogens with zero attached hydrogens (tertiary/aromatic N) is 2. The highest BCUT2D eigenvalue weighted by Gasteiger charge is 2.38. The van der Waals surface area contributed by atoms with Gasteiger partial charge in [-0.15, -0.1) is 0 Å². The van der Waals surface area contributed by atoms with Crippen molar-refractivity contribution in [2.75, 3.05) is 0 Å². The van der Waals surface area contributed by atoms with E-state index in [1.807, 2.05) is 0 Å². The van der Waals surface area contributed by atoms with Gasteiger partial charge in [-0.3, -0.25) is 9.48 Å². The third-order valence-electron chi connectivity index (χ3n) is 4.86. The topological polar surface area (TPSA) is 84.2 Å². The second-order valence-electron chi connectivity index (χ2n) is 6.61. The van der Waals surface area contributed by atoms with E-state index >= 15 is 0 Å². The molecule has 1 fully saturated rings. The summed E-state index contributed by atoms with van der Waals surface area (Å²) in [5.41, 5.74) is -0.972. The Morgan fingerprint density at radius 3 is 2.54 bits per heavy atom. The zero-order valence-electron chi connectivity index (χ0n) is 14.2. The molecule has 0 spiro atoms. The number of hydrogen-bond donors (Lipinski definition) is 2. The molecule has 1 saturated carbocycles. The maximum Gasteiger partial charge on any atom is 0.333 e. The van der Waals surface area contributed by atoms with Gasteiger partial charge in [-0.05, 0) is 43.5 Å². The van der Waals surface area contributed by atoms with E-state index in [4.69, 9.17) is 23.2 Å². The molecular formula is C18H19Cl2N3O3. The molecular weight excluding hydrogens is 377 g/mol. The van der Waals surface area contributed by atoms with Crippen LogP contribution in [0.1, 0.15) is 54.7 Å². The van der Waals surface area contributed by atoms with E-state index in [2.05, 4.69) is 10.4 Å². The van der Waals surface area contributed by atoms with Crippen molar-refractivity contribution in [1.82, 2.24) is 15.1 Å². The first-order chi connectivity index (χ1) is 12.3. The van der Waals surface area contributed by atoms with Gasteiger partial charge >= 0.3 is 5.97 Å². The van der Waals surface area contributed by atoms with Gasteiger partial charge in [-0.25, -0.2) is 4.79 Å². The Morgan fingerprint density at radius 1 is 1.23 bits per heavy atom. The number of halogens is 2. The minimum atomic E-state index is -1.66. The van der Waals surface area contributed by atoms with Gasteiger partial charge in [-0.2, -0.15) is 5.10 Å². The maximum atomic E-state index is 12.8. The molecule has 1 aromatic heterocycles. The first kappa shape index (κ1) is 18.7. The molecule has 3 rings (SSSR count). The lowest BCUT2D eigenvalue weighted by atomic mass is 9.92. The molecule has 0 aliphatic heterocycles. The molecule has 2 aromatic rings. The highest BCUT2D eigenvalue weighted by Crippen LogP contribution is 2.31. The lowest BCUT2D eigenvalue weighted by Gasteiger charge is -2.27. The Hall–Kier alpha value is -2.05. The van der Waals surface area contributed by atoms with Crippen molar-refractivity contribution in [2.24, 2.45) is 0 Å². The van der Waals surface area contributed by atoms with Crippen molar-refractivity contribution >= 4 is 35.1 Å². The molecule has 8 heteroatoms. The second-order valence-corrected chi connectivity index (χ2v) is 7.43. The Morgan fingerprint density at radius 2 is 1.92 bits per heavy atom. The smallest absolute Gasteiger partial charge is 0.333 e. The van der Waals surface area contributed by atoms with Crippen LogP contribution < -0.4 is 5.32 Å². The Kier molecular flexibility index (Phi) is 5.25. The quantitative estimate of drug-likeness (QED) is 0.799. The van der Waals surface area contributed by atoms with Gasteiger partial charge in [0, 0.05) is 6.20 Å². The first-order valence-electron chi connectivity index (χ1n) is 8.38. The molecule has 6 nitrogen and oxygen atoms in total. The molecule has 1 atom stereocenters. The minimum Gasteiger partial charge on any atom is -0.479 e. The molecule has 1 aromatic carbocycles. The molecule has 138 valence electrons. The van der Waals surface area contributed by atoms with Crippen LogP contribution in [0.2, 0.25) is 10.0 Å². The van der Waals surface area contributed by atoms with Gasteiger partial charge in [0.05, 0.1) is 16.1 Å². The molecule has 1 heterocycles. The lowest BCUT2D eigenvalue weighted by molar-refractivity contribution is -0.144. The van der Waals surface area contributed by atoms with E-state index in [0.717, 1.165) is 25.7 Å². The summed E-state index contributed by atoms with van der Waals surface area (Å²) in [7, 11) is 0. The van der Waals surface area contributed by atoms with Crippen molar-refractivity contribution in [2.45, 2.75) is 44.2 Å². The number of carboxylic acid groups (broad SMARTS) is 1. The van der Waals surface area contributed by atoms with Crippen LogP contribution in [0, 0.1) is 0 Å². The van der Waals surface area contributed by atoms with E-state index in [-0.39, 0.29) is 11.1 Å². The van der Waals surface area contributed by atoms with Crippen LogP contribution in [0.5, 0.6) is 0 Å². The van der Waals surface area contributed by atoms with Crippen molar-refractivity contribution in [3.05, 3.63) is 51.8 Å². The average Bonchev–Trinajstić information content (AvgIpc) is 3.27. The van der Waals surface area contributed by atoms with Gasteiger partial charge in [0.25, 0.3) is 5.91 Å². The van der Waals surface area contributed by atoms with Crippen molar-refractivity contribution in [3.8, 4) is 0 Å². The number of aliphatic carboxylic acids is 1. The fourth-order valence-corrected chi connectivity index (χ4v) is 3.58. The summed E-state index contributed by atoms with van der Waals surface area (Å²) >= 11 is 11.9. The van der Waals surface area contributed by atoms with Crippen LogP contribution in [0.15, 0.2) is 30.5 Å². The SMILES string of the molecule is CC(NC(=O)c1ccnn1C1CCCC1)(C(=O)O)c1ccc(Cl)c(Cl)c1. The lowest BCUT2D eigenvalue weighted by Crippen LogP contribution is -2.50. The van der Waals surface area contributed by atoms with Crippen LogP contribution in [0.25, 0.3) is 0 Å². The van der Waals surface area contributed by atoms with E-state index in [1.54, 1.807) is 16.9 Å². The summed E-state index contributed by atoms with van der Waals surface area (Å²) in [6.07, 6.45) is 5.68. The zero-order chi connectivity index (χ0) is 18.9. The number of carbonyl (C=O) groups is 2. The summed E-state index contributed by atoms with van der Waals surface area (Å²) in [6, 6.07) is 6.27. The molecule has 0 saturated heterocycles. The maximum absolute atomic E-state index is 12.8. The van der Waals surface area contributed by atoms with Gasteiger partial charge < -0.3 is 10.4 Å². The Labute approximate surface area is 161 Å². The van der Waals surface area contributed by atoms with Crippen LogP contribution in [0.4, 0.5) is 0 Å². The normalized spacial score (nSPS) is 17.0. The van der Waals surface area contributed by atoms with Gasteiger partial charge in [0.15, 0.2) is 5.54 Å². The van der Waals surface area contributed by atoms with E-state index < -0.39 is 17.4 Å². The molecule has 1 amide bonds. The highest BCUT2D eigenvalue weighted by molar-refractivity contribution is 6.42. The number of aromatic nitrogens is 2. The zero-order valence-corrected chi connectivity index (χ0v) is 15.7. The minimum absolute atomic E-state index is 0.173. The Balaban J connectivity index is 1.91. The number of benzene rings is 1. The average molecular weight is 396 g/mol. The third-order valence-corrected chi connectivity index (χ3v) is 5.60. The highest BCUT2D eigenvalue weighted by atomic mass is 35.5. The molecule has 2 N–H and O–H groups in total. The van der Waals surface area contributed by atoms with Gasteiger partial charge in [0.2, 0.25) is 0 Å². The predicted molar refractivity (Wildman–Crippen MR) is 98.6 cm³/mol. The molecule has 1 aliphatic rings. The van der Waals surface area contributed by atoms with Crippen molar-refractivity contribution < 1.29 is 14.7 Å². The van der Waals surface area contributed by atoms with Crippen LogP contribution in [-0.2, 0) is 10.3 Å². The molecule has 1 unspecified atom stereocenters. The third kappa shape index (κ3) is 3.44. The molecule has 0 bridgehead atoms. The van der Waals surface area contributed by atoms with Crippen molar-refractivity contribution in [1.29, 1.82) is 0 Å². The van der Waals surface area contributed by atoms with Crippen molar-refractivity contribution in [3.63, 3.8) is 0 Å². The second kappa shape index (κ2) is 7.29. The number of rotatable bonds is 5. The molecule has 0 radical (unpaired) electrons. The van der Waals surface area contributed by atoms with Gasteiger partial charge in [0.1, 0.15) is 5.69 Å². The number of carbonyl (C=O) groups excluding carboxylic acids is 1. The van der Waals surface area contributed by atoms with E-state index in [9.17, 15) is 14.7 Å². The Bertz CT molecular complexity index is 846. The van der Waals surface area contributed by atoms with Gasteiger partial charge in [-0.1, -0.05) is 42.1 Å². The largest absolute Gasteiger partial charge is 0.479 e. The number of amides is 1. The summed E-state index contributed by atoms with van der Waals surface area (Å²) < 4.78 is 1.69. The monoisotopic (exact) mass is 395 g/mol. The standard InChI is InChI=1S/C18H19Cl2N3O3/c1-18(17(25)26,11-6-7-13(19)14(20)10-11)22-16(24)15-8-9-21-23(15)12-4-2-3-5-12/h6-10,12H,2-5H2,1H3,(H,22,24)(H,25,26). The van der Waals surface area contributed by atoms with E-state index in [1.165, 1.54) is 25.1 Å². The summed E-state index contributed by atoms with van der Waals surface area (Å²) in [5, 5.41) is 17.2. The number of hydrogen-bond acceptors (Lipinski definition) is 3. The van der Waals surface area contributed by atoms with Crippen LogP contribution >= 0.6 is 23.2 Å². The number of carboxylic acids is 1. The molecule has 26 heavy (non-hydrogen) atoms. The summed E-state index contributed by atoms with van der Waals surface area (Å²) in [5.74, 6) is -1.69. The van der Waals surface area contributed by atoms with Crippen LogP contribution in [0.3, 0.4) is 0 Å². The van der Waals surface area contributed by atoms with Crippen LogP contribution in [-0.4, -0.2) is 26.8 Å². The first-order valence-corrected chi connectivity index (χ1v) is 9.13. The summed E-state index contributed by atoms with van der Waals surface area (Å²) in [6.45, 7) is 1.42. The number of nitrogens with one attached hydrogen (secondary N) is 1. The van der Waals surface area contributed by atoms with E-state index in [0.29, 0.717) is 16.3 Å². The fraction of sp³-hybridized carbons (Fsp3) is 0.389. The fourth-order valence-electron chi connectivity index (χ4n) is 3.28.